The minimum atomic E-state index is 0.400. The van der Waals surface area contributed by atoms with E-state index in [9.17, 15) is 0 Å². The van der Waals surface area contributed by atoms with Crippen LogP contribution in [0.25, 0.3) is 0 Å². The molecule has 1 atom stereocenters. The highest BCUT2D eigenvalue weighted by molar-refractivity contribution is 7.12. The van der Waals surface area contributed by atoms with Crippen molar-refractivity contribution in [3.05, 3.63) is 39.6 Å². The minimum absolute atomic E-state index is 0.400. The molecule has 108 valence electrons. The molecule has 3 rings (SSSR count). The molecule has 0 fully saturated rings. The SMILES string of the molecule is CCCNC(Cc1ncc[nH]1)c1cc2c(s1)CCCC2. The van der Waals surface area contributed by atoms with Crippen LogP contribution in [0, 0.1) is 0 Å². The number of aromatic amines is 1. The van der Waals surface area contributed by atoms with E-state index in [-0.39, 0.29) is 0 Å². The zero-order valence-electron chi connectivity index (χ0n) is 12.1. The topological polar surface area (TPSA) is 40.7 Å². The molecule has 3 nitrogen and oxygen atoms in total. The van der Waals surface area contributed by atoms with E-state index in [0.29, 0.717) is 6.04 Å². The highest BCUT2D eigenvalue weighted by atomic mass is 32.1. The molecule has 0 radical (unpaired) electrons. The summed E-state index contributed by atoms with van der Waals surface area (Å²) in [5.74, 6) is 1.07. The summed E-state index contributed by atoms with van der Waals surface area (Å²) >= 11 is 2.01. The Balaban J connectivity index is 1.78. The van der Waals surface area contributed by atoms with Crippen LogP contribution in [0.5, 0.6) is 0 Å². The van der Waals surface area contributed by atoms with Gasteiger partial charge in [0.2, 0.25) is 0 Å². The van der Waals surface area contributed by atoms with Crippen LogP contribution >= 0.6 is 11.3 Å². The van der Waals surface area contributed by atoms with E-state index in [4.69, 9.17) is 0 Å². The standard InChI is InChI=1S/C16H23N3S/c1-2-7-17-13(11-16-18-8-9-19-16)15-10-12-5-3-4-6-14(12)20-15/h8-10,13,17H,2-7,11H2,1H3,(H,18,19). The molecule has 1 aliphatic rings. The van der Waals surface area contributed by atoms with Crippen LogP contribution in [0.4, 0.5) is 0 Å². The molecular formula is C16H23N3S. The summed E-state index contributed by atoms with van der Waals surface area (Å²) in [6.45, 7) is 3.28. The number of thiophene rings is 1. The van der Waals surface area contributed by atoms with Gasteiger partial charge in [0.25, 0.3) is 0 Å². The summed E-state index contributed by atoms with van der Waals surface area (Å²) in [7, 11) is 0. The third-order valence-corrected chi connectivity index (χ3v) is 5.30. The summed E-state index contributed by atoms with van der Waals surface area (Å²) in [5.41, 5.74) is 1.60. The molecule has 0 aliphatic heterocycles. The van der Waals surface area contributed by atoms with Gasteiger partial charge in [-0.3, -0.25) is 0 Å². The van der Waals surface area contributed by atoms with Gasteiger partial charge in [-0.1, -0.05) is 6.92 Å². The zero-order valence-corrected chi connectivity index (χ0v) is 12.9. The van der Waals surface area contributed by atoms with E-state index >= 15 is 0 Å². The first-order chi connectivity index (χ1) is 9.86. The number of aromatic nitrogens is 2. The average molecular weight is 289 g/mol. The highest BCUT2D eigenvalue weighted by Crippen LogP contribution is 2.33. The molecule has 0 spiro atoms. The quantitative estimate of drug-likeness (QED) is 0.852. The summed E-state index contributed by atoms with van der Waals surface area (Å²) in [6, 6.07) is 2.84. The molecule has 1 unspecified atom stereocenters. The Hall–Kier alpha value is -1.13. The van der Waals surface area contributed by atoms with Crippen molar-refractivity contribution < 1.29 is 0 Å². The van der Waals surface area contributed by atoms with Crippen molar-refractivity contribution in [2.45, 2.75) is 51.5 Å². The minimum Gasteiger partial charge on any atom is -0.349 e. The van der Waals surface area contributed by atoms with Crippen LogP contribution < -0.4 is 5.32 Å². The van der Waals surface area contributed by atoms with Gasteiger partial charge in [0.15, 0.2) is 0 Å². The van der Waals surface area contributed by atoms with Gasteiger partial charge < -0.3 is 10.3 Å². The number of nitrogens with zero attached hydrogens (tertiary/aromatic N) is 1. The molecule has 2 heterocycles. The van der Waals surface area contributed by atoms with Crippen LogP contribution in [0.2, 0.25) is 0 Å². The molecular weight excluding hydrogens is 266 g/mol. The van der Waals surface area contributed by atoms with Crippen molar-refractivity contribution in [3.8, 4) is 0 Å². The second kappa shape index (κ2) is 6.55. The van der Waals surface area contributed by atoms with E-state index in [1.54, 1.807) is 10.4 Å². The lowest BCUT2D eigenvalue weighted by atomic mass is 9.98. The van der Waals surface area contributed by atoms with Gasteiger partial charge in [0.1, 0.15) is 5.82 Å². The van der Waals surface area contributed by atoms with Crippen LogP contribution in [-0.2, 0) is 19.3 Å². The molecule has 0 aromatic carbocycles. The summed E-state index contributed by atoms with van der Waals surface area (Å²) in [5, 5.41) is 3.68. The van der Waals surface area contributed by atoms with E-state index in [1.807, 2.05) is 23.7 Å². The lowest BCUT2D eigenvalue weighted by Gasteiger charge is -2.15. The van der Waals surface area contributed by atoms with Crippen LogP contribution in [-0.4, -0.2) is 16.5 Å². The van der Waals surface area contributed by atoms with Gasteiger partial charge >= 0.3 is 0 Å². The maximum Gasteiger partial charge on any atom is 0.107 e. The predicted octanol–water partition coefficient (Wildman–Crippen LogP) is 3.63. The number of hydrogen-bond acceptors (Lipinski definition) is 3. The Kier molecular flexibility index (Phi) is 4.53. The molecule has 4 heteroatoms. The maximum atomic E-state index is 4.38. The van der Waals surface area contributed by atoms with Gasteiger partial charge in [-0.05, 0) is 50.3 Å². The van der Waals surface area contributed by atoms with Gasteiger partial charge in [-0.25, -0.2) is 4.98 Å². The second-order valence-electron chi connectivity index (χ2n) is 5.55. The fraction of sp³-hybridized carbons (Fsp3) is 0.562. The van der Waals surface area contributed by atoms with Gasteiger partial charge in [-0.2, -0.15) is 0 Å². The first-order valence-electron chi connectivity index (χ1n) is 7.70. The molecule has 2 aromatic rings. The lowest BCUT2D eigenvalue weighted by Crippen LogP contribution is -2.23. The number of nitrogens with one attached hydrogen (secondary N) is 2. The predicted molar refractivity (Wildman–Crippen MR) is 84.3 cm³/mol. The normalized spacial score (nSPS) is 16.1. The lowest BCUT2D eigenvalue weighted by molar-refractivity contribution is 0.527. The molecule has 0 saturated carbocycles. The number of fused-ring (bicyclic) bond motifs is 1. The average Bonchev–Trinajstić information content (AvgIpc) is 3.12. The van der Waals surface area contributed by atoms with E-state index in [0.717, 1.165) is 18.8 Å². The van der Waals surface area contributed by atoms with Crippen molar-refractivity contribution in [3.63, 3.8) is 0 Å². The Morgan fingerprint density at radius 3 is 3.05 bits per heavy atom. The number of rotatable bonds is 6. The third kappa shape index (κ3) is 3.13. The van der Waals surface area contributed by atoms with E-state index in [2.05, 4.69) is 28.3 Å². The zero-order chi connectivity index (χ0) is 13.8. The highest BCUT2D eigenvalue weighted by Gasteiger charge is 2.19. The van der Waals surface area contributed by atoms with Crippen molar-refractivity contribution in [1.82, 2.24) is 15.3 Å². The number of hydrogen-bond donors (Lipinski definition) is 2. The molecule has 1 aliphatic carbocycles. The van der Waals surface area contributed by atoms with Gasteiger partial charge in [0.05, 0.1) is 0 Å². The number of H-pyrrole nitrogens is 1. The first-order valence-corrected chi connectivity index (χ1v) is 8.51. The monoisotopic (exact) mass is 289 g/mol. The molecule has 2 aromatic heterocycles. The fourth-order valence-corrected chi connectivity index (χ4v) is 4.21. The maximum absolute atomic E-state index is 4.38. The Morgan fingerprint density at radius 1 is 1.40 bits per heavy atom. The third-order valence-electron chi connectivity index (χ3n) is 3.95. The number of aryl methyl sites for hydroxylation is 2. The molecule has 20 heavy (non-hydrogen) atoms. The second-order valence-corrected chi connectivity index (χ2v) is 6.72. The van der Waals surface area contributed by atoms with E-state index in [1.165, 1.54) is 37.0 Å². The first kappa shape index (κ1) is 13.8. The molecule has 2 N–H and O–H groups in total. The van der Waals surface area contributed by atoms with Crippen molar-refractivity contribution >= 4 is 11.3 Å². The fourth-order valence-electron chi connectivity index (χ4n) is 2.88. The van der Waals surface area contributed by atoms with Crippen LogP contribution in [0.3, 0.4) is 0 Å². The Labute approximate surface area is 124 Å². The van der Waals surface area contributed by atoms with E-state index < -0.39 is 0 Å². The molecule has 0 bridgehead atoms. The Morgan fingerprint density at radius 2 is 2.30 bits per heavy atom. The summed E-state index contributed by atoms with van der Waals surface area (Å²) < 4.78 is 0. The summed E-state index contributed by atoms with van der Waals surface area (Å²) in [4.78, 5) is 10.7. The molecule has 0 amide bonds. The van der Waals surface area contributed by atoms with Crippen LogP contribution in [0.15, 0.2) is 18.5 Å². The van der Waals surface area contributed by atoms with Crippen LogP contribution in [0.1, 0.15) is 53.4 Å². The largest absolute Gasteiger partial charge is 0.349 e. The smallest absolute Gasteiger partial charge is 0.107 e. The molecule has 0 saturated heterocycles. The summed E-state index contributed by atoms with van der Waals surface area (Å²) in [6.07, 6.45) is 11.1. The van der Waals surface area contributed by atoms with Crippen molar-refractivity contribution in [1.29, 1.82) is 0 Å². The van der Waals surface area contributed by atoms with Gasteiger partial charge in [0, 0.05) is 34.6 Å². The Bertz CT molecular complexity index is 506. The van der Waals surface area contributed by atoms with Crippen molar-refractivity contribution in [2.24, 2.45) is 0 Å². The van der Waals surface area contributed by atoms with Crippen molar-refractivity contribution in [2.75, 3.05) is 6.54 Å². The van der Waals surface area contributed by atoms with Gasteiger partial charge in [-0.15, -0.1) is 11.3 Å². The number of imidazole rings is 1.